The van der Waals surface area contributed by atoms with Gasteiger partial charge in [0, 0.05) is 26.0 Å². The number of piperidine rings is 1. The Bertz CT molecular complexity index is 855. The lowest BCUT2D eigenvalue weighted by molar-refractivity contribution is -0.119. The van der Waals surface area contributed by atoms with E-state index in [1.807, 2.05) is 53.1 Å². The van der Waals surface area contributed by atoms with Crippen LogP contribution < -0.4 is 4.90 Å². The van der Waals surface area contributed by atoms with Crippen molar-refractivity contribution in [3.63, 3.8) is 0 Å². The minimum absolute atomic E-state index is 0.102. The maximum absolute atomic E-state index is 12.8. The third-order valence-corrected chi connectivity index (χ3v) is 5.28. The molecular formula is C16H17N5OS. The Morgan fingerprint density at radius 3 is 3.04 bits per heavy atom. The fourth-order valence-corrected chi connectivity index (χ4v) is 4.05. The highest BCUT2D eigenvalue weighted by molar-refractivity contribution is 8.00. The zero-order valence-electron chi connectivity index (χ0n) is 12.8. The van der Waals surface area contributed by atoms with Gasteiger partial charge in [-0.05, 0) is 25.0 Å². The predicted octanol–water partition coefficient (Wildman–Crippen LogP) is 2.36. The maximum atomic E-state index is 12.8. The molecule has 0 radical (unpaired) electrons. The number of anilines is 1. The van der Waals surface area contributed by atoms with Crippen LogP contribution in [-0.4, -0.2) is 36.9 Å². The van der Waals surface area contributed by atoms with Gasteiger partial charge in [-0.15, -0.1) is 0 Å². The molecule has 6 nitrogen and oxygen atoms in total. The molecule has 0 spiro atoms. The number of pyridine rings is 1. The quantitative estimate of drug-likeness (QED) is 0.741. The summed E-state index contributed by atoms with van der Waals surface area (Å²) in [6.07, 6.45) is 9.32. The van der Waals surface area contributed by atoms with E-state index in [0.29, 0.717) is 0 Å². The number of rotatable bonds is 3. The topological polar surface area (TPSA) is 55.4 Å². The summed E-state index contributed by atoms with van der Waals surface area (Å²) in [5.74, 6) is 0.141. The normalized spacial score (nSPS) is 18.7. The monoisotopic (exact) mass is 327 g/mol. The number of hydrogen-bond acceptors (Lipinski definition) is 4. The highest BCUT2D eigenvalue weighted by Crippen LogP contribution is 2.32. The highest BCUT2D eigenvalue weighted by atomic mass is 32.2. The van der Waals surface area contributed by atoms with Crippen molar-refractivity contribution in [2.75, 3.05) is 11.4 Å². The molecule has 0 N–H and O–H groups in total. The minimum Gasteiger partial charge on any atom is -0.309 e. The zero-order chi connectivity index (χ0) is 15.8. The number of thioether (sulfide) groups is 1. The number of imidazole rings is 1. The number of fused-ring (bicyclic) bond motifs is 1. The third kappa shape index (κ3) is 2.61. The molecule has 0 unspecified atom stereocenters. The lowest BCUT2D eigenvalue weighted by Gasteiger charge is -2.30. The molecule has 1 aliphatic heterocycles. The fourth-order valence-electron chi connectivity index (χ4n) is 2.89. The molecular weight excluding hydrogens is 310 g/mol. The van der Waals surface area contributed by atoms with Crippen molar-refractivity contribution in [2.45, 2.75) is 23.2 Å². The first-order chi connectivity index (χ1) is 11.2. The molecule has 23 heavy (non-hydrogen) atoms. The third-order valence-electron chi connectivity index (χ3n) is 4.04. The molecule has 0 aromatic carbocycles. The van der Waals surface area contributed by atoms with E-state index in [1.165, 1.54) is 0 Å². The van der Waals surface area contributed by atoms with Gasteiger partial charge < -0.3 is 4.90 Å². The Labute approximate surface area is 138 Å². The molecule has 1 atom stereocenters. The molecule has 3 aromatic rings. The second-order valence-electron chi connectivity index (χ2n) is 5.65. The van der Waals surface area contributed by atoms with E-state index in [1.54, 1.807) is 22.6 Å². The van der Waals surface area contributed by atoms with Crippen LogP contribution in [0.2, 0.25) is 0 Å². The molecule has 4 rings (SSSR count). The molecule has 1 amide bonds. The van der Waals surface area contributed by atoms with Gasteiger partial charge >= 0.3 is 0 Å². The van der Waals surface area contributed by atoms with Gasteiger partial charge in [-0.25, -0.2) is 4.98 Å². The maximum Gasteiger partial charge on any atom is 0.240 e. The number of aryl methyl sites for hydroxylation is 1. The molecule has 1 fully saturated rings. The first-order valence-electron chi connectivity index (χ1n) is 7.61. The van der Waals surface area contributed by atoms with Crippen molar-refractivity contribution in [2.24, 2.45) is 7.05 Å². The molecule has 118 valence electrons. The lowest BCUT2D eigenvalue weighted by Crippen LogP contribution is -2.42. The molecule has 0 saturated carbocycles. The Morgan fingerprint density at radius 1 is 1.30 bits per heavy atom. The van der Waals surface area contributed by atoms with Crippen LogP contribution in [0.5, 0.6) is 0 Å². The summed E-state index contributed by atoms with van der Waals surface area (Å²) in [6, 6.07) is 5.98. The summed E-state index contributed by atoms with van der Waals surface area (Å²) < 4.78 is 3.75. The summed E-state index contributed by atoms with van der Waals surface area (Å²) in [4.78, 5) is 19.1. The fraction of sp³-hybridized carbons (Fsp3) is 0.312. The van der Waals surface area contributed by atoms with Gasteiger partial charge in [-0.3, -0.25) is 13.9 Å². The Balaban J connectivity index is 1.58. The molecule has 0 aliphatic carbocycles. The number of hydrogen-bond donors (Lipinski definition) is 0. The van der Waals surface area contributed by atoms with Crippen molar-refractivity contribution in [3.8, 4) is 0 Å². The largest absolute Gasteiger partial charge is 0.309 e. The average molecular weight is 327 g/mol. The number of carbonyl (C=O) groups is 1. The first kappa shape index (κ1) is 14.3. The summed E-state index contributed by atoms with van der Waals surface area (Å²) in [5.41, 5.74) is 1.91. The van der Waals surface area contributed by atoms with E-state index in [0.717, 1.165) is 35.7 Å². The van der Waals surface area contributed by atoms with Gasteiger partial charge in [-0.2, -0.15) is 5.10 Å². The lowest BCUT2D eigenvalue weighted by atomic mass is 10.1. The molecule has 3 aromatic heterocycles. The zero-order valence-corrected chi connectivity index (χ0v) is 13.6. The van der Waals surface area contributed by atoms with Gasteiger partial charge in [0.2, 0.25) is 5.91 Å². The molecule has 1 aliphatic rings. The van der Waals surface area contributed by atoms with Crippen molar-refractivity contribution >= 4 is 28.9 Å². The summed E-state index contributed by atoms with van der Waals surface area (Å²) in [5, 5.41) is 4.93. The summed E-state index contributed by atoms with van der Waals surface area (Å²) in [7, 11) is 1.86. The van der Waals surface area contributed by atoms with Gasteiger partial charge in [0.05, 0.1) is 28.8 Å². The highest BCUT2D eigenvalue weighted by Gasteiger charge is 2.32. The van der Waals surface area contributed by atoms with Gasteiger partial charge in [0.1, 0.15) is 0 Å². The predicted molar refractivity (Wildman–Crippen MR) is 89.6 cm³/mol. The SMILES string of the molecule is Cn1cc(N2CCC[C@@H](Sc3ncc4ccccn34)C2=O)cn1. The average Bonchev–Trinajstić information content (AvgIpc) is 3.16. The van der Waals surface area contributed by atoms with E-state index in [4.69, 9.17) is 0 Å². The number of aromatic nitrogens is 4. The van der Waals surface area contributed by atoms with Crippen LogP contribution in [-0.2, 0) is 11.8 Å². The standard InChI is InChI=1S/C16H17N5OS/c1-19-11-13(10-18-19)20-8-4-6-14(15(20)22)23-16-17-9-12-5-2-3-7-21(12)16/h2-3,5,7,9-11,14H,4,6,8H2,1H3/t14-/m1/s1. The Kier molecular flexibility index (Phi) is 3.57. The van der Waals surface area contributed by atoms with Crippen molar-refractivity contribution in [3.05, 3.63) is 43.0 Å². The summed E-state index contributed by atoms with van der Waals surface area (Å²) in [6.45, 7) is 0.754. The van der Waals surface area contributed by atoms with E-state index in [-0.39, 0.29) is 11.2 Å². The van der Waals surface area contributed by atoms with Crippen molar-refractivity contribution in [1.29, 1.82) is 0 Å². The smallest absolute Gasteiger partial charge is 0.240 e. The van der Waals surface area contributed by atoms with E-state index < -0.39 is 0 Å². The molecule has 7 heteroatoms. The van der Waals surface area contributed by atoms with Gasteiger partial charge in [0.15, 0.2) is 5.16 Å². The van der Waals surface area contributed by atoms with Crippen molar-refractivity contribution in [1.82, 2.24) is 19.2 Å². The van der Waals surface area contributed by atoms with Crippen LogP contribution in [0, 0.1) is 0 Å². The van der Waals surface area contributed by atoms with Crippen LogP contribution >= 0.6 is 11.8 Å². The molecule has 1 saturated heterocycles. The van der Waals surface area contributed by atoms with Crippen LogP contribution in [0.15, 0.2) is 48.1 Å². The molecule has 0 bridgehead atoms. The van der Waals surface area contributed by atoms with Gasteiger partial charge in [0.25, 0.3) is 0 Å². The minimum atomic E-state index is -0.102. The summed E-state index contributed by atoms with van der Waals surface area (Å²) >= 11 is 1.55. The van der Waals surface area contributed by atoms with Crippen LogP contribution in [0.4, 0.5) is 5.69 Å². The Hall–Kier alpha value is -2.28. The molecule has 4 heterocycles. The van der Waals surface area contributed by atoms with Crippen LogP contribution in [0.25, 0.3) is 5.52 Å². The van der Waals surface area contributed by atoms with E-state index in [9.17, 15) is 4.79 Å². The second-order valence-corrected chi connectivity index (χ2v) is 6.82. The first-order valence-corrected chi connectivity index (χ1v) is 8.49. The van der Waals surface area contributed by atoms with Crippen molar-refractivity contribution < 1.29 is 4.79 Å². The number of amides is 1. The Morgan fingerprint density at radius 2 is 2.22 bits per heavy atom. The van der Waals surface area contributed by atoms with Crippen LogP contribution in [0.3, 0.4) is 0 Å². The van der Waals surface area contributed by atoms with Crippen LogP contribution in [0.1, 0.15) is 12.8 Å². The van der Waals surface area contributed by atoms with Gasteiger partial charge in [-0.1, -0.05) is 17.8 Å². The van der Waals surface area contributed by atoms with E-state index >= 15 is 0 Å². The number of nitrogens with zero attached hydrogens (tertiary/aromatic N) is 5. The number of carbonyl (C=O) groups excluding carboxylic acids is 1. The van der Waals surface area contributed by atoms with E-state index in [2.05, 4.69) is 10.1 Å². The second kappa shape index (κ2) is 5.73.